The topological polar surface area (TPSA) is 51.4 Å². The highest BCUT2D eigenvalue weighted by atomic mass is 16.5. The van der Waals surface area contributed by atoms with Crippen molar-refractivity contribution in [3.63, 3.8) is 0 Å². The highest BCUT2D eigenvalue weighted by molar-refractivity contribution is 5.07. The van der Waals surface area contributed by atoms with Gasteiger partial charge in [0.1, 0.15) is 0 Å². The maximum Gasteiger partial charge on any atom is 0.0594 e. The van der Waals surface area contributed by atoms with Gasteiger partial charge in [-0.25, -0.2) is 0 Å². The van der Waals surface area contributed by atoms with Crippen molar-refractivity contribution < 1.29 is 4.74 Å². The van der Waals surface area contributed by atoms with Gasteiger partial charge in [0.05, 0.1) is 13.2 Å². The molecular weight excluding hydrogens is 190 g/mol. The minimum Gasteiger partial charge on any atom is -0.379 e. The Bertz CT molecular complexity index is 253. The van der Waals surface area contributed by atoms with E-state index < -0.39 is 0 Å². The molecule has 0 aromatic carbocycles. The molecule has 0 saturated carbocycles. The van der Waals surface area contributed by atoms with E-state index in [1.54, 1.807) is 6.20 Å². The molecule has 84 valence electrons. The lowest BCUT2D eigenvalue weighted by molar-refractivity contribution is 0.115. The Balaban J connectivity index is 2.16. The molecule has 0 aliphatic rings. The van der Waals surface area contributed by atoms with Gasteiger partial charge in [-0.15, -0.1) is 0 Å². The maximum absolute atomic E-state index is 5.32. The molecule has 0 bridgehead atoms. The third-order valence-corrected chi connectivity index (χ3v) is 2.05. The summed E-state index contributed by atoms with van der Waals surface area (Å²) in [6, 6.07) is 4.03. The minimum absolute atomic E-state index is 0.590. The van der Waals surface area contributed by atoms with Crippen LogP contribution in [-0.2, 0) is 11.3 Å². The fourth-order valence-corrected chi connectivity index (χ4v) is 1.29. The van der Waals surface area contributed by atoms with Crippen LogP contribution in [0.1, 0.15) is 5.56 Å². The molecule has 1 rings (SSSR count). The van der Waals surface area contributed by atoms with Gasteiger partial charge in [0, 0.05) is 32.0 Å². The summed E-state index contributed by atoms with van der Waals surface area (Å²) in [5, 5.41) is 0. The van der Waals surface area contributed by atoms with Crippen LogP contribution in [0.2, 0.25) is 0 Å². The Hall–Kier alpha value is -0.970. The van der Waals surface area contributed by atoms with Crippen LogP contribution in [0.3, 0.4) is 0 Å². The predicted octanol–water partition coefficient (Wildman–Crippen LogP) is 0.489. The average molecular weight is 209 g/mol. The molecule has 0 aliphatic heterocycles. The Morgan fingerprint density at radius 2 is 2.33 bits per heavy atom. The van der Waals surface area contributed by atoms with Crippen LogP contribution < -0.4 is 5.73 Å². The molecule has 1 aromatic rings. The second-order valence-corrected chi connectivity index (χ2v) is 3.50. The molecule has 0 atom stereocenters. The van der Waals surface area contributed by atoms with Gasteiger partial charge in [-0.05, 0) is 18.7 Å². The summed E-state index contributed by atoms with van der Waals surface area (Å²) < 4.78 is 5.31. The first-order valence-corrected chi connectivity index (χ1v) is 5.18. The van der Waals surface area contributed by atoms with E-state index in [0.29, 0.717) is 13.2 Å². The zero-order valence-corrected chi connectivity index (χ0v) is 9.22. The van der Waals surface area contributed by atoms with Crippen LogP contribution in [0, 0.1) is 0 Å². The number of likely N-dealkylation sites (N-methyl/N-ethyl adjacent to an activating group) is 1. The molecule has 0 amide bonds. The number of rotatable bonds is 7. The van der Waals surface area contributed by atoms with Crippen molar-refractivity contribution >= 4 is 0 Å². The van der Waals surface area contributed by atoms with Crippen molar-refractivity contribution in [1.82, 2.24) is 9.88 Å². The Morgan fingerprint density at radius 3 is 3.00 bits per heavy atom. The van der Waals surface area contributed by atoms with E-state index in [-0.39, 0.29) is 0 Å². The molecule has 1 aromatic heterocycles. The zero-order chi connectivity index (χ0) is 10.9. The lowest BCUT2D eigenvalue weighted by Crippen LogP contribution is -2.23. The molecule has 4 nitrogen and oxygen atoms in total. The van der Waals surface area contributed by atoms with E-state index in [9.17, 15) is 0 Å². The summed E-state index contributed by atoms with van der Waals surface area (Å²) in [5.41, 5.74) is 6.54. The van der Waals surface area contributed by atoms with Crippen LogP contribution in [0.15, 0.2) is 24.5 Å². The van der Waals surface area contributed by atoms with Crippen molar-refractivity contribution in [3.8, 4) is 0 Å². The molecule has 0 saturated heterocycles. The Kier molecular flexibility index (Phi) is 5.92. The van der Waals surface area contributed by atoms with E-state index in [1.807, 2.05) is 12.3 Å². The van der Waals surface area contributed by atoms with Gasteiger partial charge < -0.3 is 10.5 Å². The number of hydrogen-bond donors (Lipinski definition) is 1. The van der Waals surface area contributed by atoms with E-state index in [0.717, 1.165) is 19.7 Å². The molecule has 0 unspecified atom stereocenters. The van der Waals surface area contributed by atoms with Crippen molar-refractivity contribution in [2.75, 3.05) is 33.4 Å². The average Bonchev–Trinajstić information content (AvgIpc) is 2.26. The molecule has 0 aliphatic carbocycles. The fourth-order valence-electron chi connectivity index (χ4n) is 1.29. The van der Waals surface area contributed by atoms with Crippen LogP contribution in [0.4, 0.5) is 0 Å². The number of aromatic nitrogens is 1. The van der Waals surface area contributed by atoms with E-state index in [2.05, 4.69) is 23.0 Å². The summed E-state index contributed by atoms with van der Waals surface area (Å²) in [5.74, 6) is 0. The van der Waals surface area contributed by atoms with Gasteiger partial charge in [0.15, 0.2) is 0 Å². The number of nitrogens with zero attached hydrogens (tertiary/aromatic N) is 2. The molecule has 0 radical (unpaired) electrons. The van der Waals surface area contributed by atoms with Gasteiger partial charge in [-0.1, -0.05) is 6.07 Å². The van der Waals surface area contributed by atoms with Crippen LogP contribution >= 0.6 is 0 Å². The van der Waals surface area contributed by atoms with Crippen molar-refractivity contribution in [3.05, 3.63) is 30.1 Å². The van der Waals surface area contributed by atoms with Crippen molar-refractivity contribution in [2.45, 2.75) is 6.54 Å². The van der Waals surface area contributed by atoms with Gasteiger partial charge >= 0.3 is 0 Å². The monoisotopic (exact) mass is 209 g/mol. The standard InChI is InChI=1S/C11H19N3O/c1-14(6-8-15-7-4-12)10-11-3-2-5-13-9-11/h2-3,5,9H,4,6-8,10,12H2,1H3. The van der Waals surface area contributed by atoms with Gasteiger partial charge in [0.2, 0.25) is 0 Å². The lowest BCUT2D eigenvalue weighted by atomic mass is 10.3. The molecule has 1 heterocycles. The number of nitrogens with two attached hydrogens (primary N) is 1. The molecule has 4 heteroatoms. The largest absolute Gasteiger partial charge is 0.379 e. The van der Waals surface area contributed by atoms with Gasteiger partial charge in [-0.3, -0.25) is 9.88 Å². The summed E-state index contributed by atoms with van der Waals surface area (Å²) in [6.07, 6.45) is 3.67. The minimum atomic E-state index is 0.590. The first-order chi connectivity index (χ1) is 7.33. The summed E-state index contributed by atoms with van der Waals surface area (Å²) in [7, 11) is 2.07. The van der Waals surface area contributed by atoms with Gasteiger partial charge in [-0.2, -0.15) is 0 Å². The molecular formula is C11H19N3O. The molecule has 0 fully saturated rings. The zero-order valence-electron chi connectivity index (χ0n) is 9.22. The highest BCUT2D eigenvalue weighted by Gasteiger charge is 1.99. The van der Waals surface area contributed by atoms with E-state index in [1.165, 1.54) is 5.56 Å². The second-order valence-electron chi connectivity index (χ2n) is 3.50. The smallest absolute Gasteiger partial charge is 0.0594 e. The van der Waals surface area contributed by atoms with Crippen molar-refractivity contribution in [1.29, 1.82) is 0 Å². The van der Waals surface area contributed by atoms with E-state index in [4.69, 9.17) is 10.5 Å². The molecule has 2 N–H and O–H groups in total. The number of ether oxygens (including phenoxy) is 1. The quantitative estimate of drug-likeness (QED) is 0.664. The first kappa shape index (κ1) is 12.1. The summed E-state index contributed by atoms with van der Waals surface area (Å²) in [4.78, 5) is 6.27. The third-order valence-electron chi connectivity index (χ3n) is 2.05. The van der Waals surface area contributed by atoms with Gasteiger partial charge in [0.25, 0.3) is 0 Å². The maximum atomic E-state index is 5.32. The van der Waals surface area contributed by atoms with Crippen LogP contribution in [0.25, 0.3) is 0 Å². The van der Waals surface area contributed by atoms with Crippen LogP contribution in [0.5, 0.6) is 0 Å². The SMILES string of the molecule is CN(CCOCCN)Cc1cccnc1. The summed E-state index contributed by atoms with van der Waals surface area (Å²) in [6.45, 7) is 3.77. The molecule has 0 spiro atoms. The highest BCUT2D eigenvalue weighted by Crippen LogP contribution is 1.99. The first-order valence-electron chi connectivity index (χ1n) is 5.18. The second kappa shape index (κ2) is 7.34. The Morgan fingerprint density at radius 1 is 1.47 bits per heavy atom. The van der Waals surface area contributed by atoms with Crippen LogP contribution in [-0.4, -0.2) is 43.2 Å². The Labute approximate surface area is 91.1 Å². The lowest BCUT2D eigenvalue weighted by Gasteiger charge is -2.16. The predicted molar refractivity (Wildman–Crippen MR) is 60.4 cm³/mol. The third kappa shape index (κ3) is 5.47. The van der Waals surface area contributed by atoms with E-state index >= 15 is 0 Å². The number of pyridine rings is 1. The molecule has 15 heavy (non-hydrogen) atoms. The fraction of sp³-hybridized carbons (Fsp3) is 0.545. The normalized spacial score (nSPS) is 10.9. The summed E-state index contributed by atoms with van der Waals surface area (Å²) >= 11 is 0. The van der Waals surface area contributed by atoms with Crippen molar-refractivity contribution in [2.24, 2.45) is 5.73 Å². The number of hydrogen-bond acceptors (Lipinski definition) is 4.